The fraction of sp³-hybridized carbons (Fsp3) is 0.0351. The van der Waals surface area contributed by atoms with Crippen molar-refractivity contribution in [2.45, 2.75) is 12.3 Å². The molecule has 0 amide bonds. The molecule has 0 saturated heterocycles. The number of allylic oxidation sites excluding steroid dienone is 1. The van der Waals surface area contributed by atoms with E-state index in [1.54, 1.807) is 0 Å². The molecule has 1 heterocycles. The smallest absolute Gasteiger partial charge is 0.145 e. The molecule has 0 N–H and O–H groups in total. The molecule has 276 valence electrons. The lowest BCUT2D eigenvalue weighted by atomic mass is 9.77. The number of hydrogen-bond donors (Lipinski definition) is 0. The summed E-state index contributed by atoms with van der Waals surface area (Å²) in [4.78, 5) is 5.22. The van der Waals surface area contributed by atoms with Crippen molar-refractivity contribution in [2.24, 2.45) is 0 Å². The van der Waals surface area contributed by atoms with Crippen molar-refractivity contribution in [2.75, 3.05) is 0 Å². The third-order valence-electron chi connectivity index (χ3n) is 12.5. The van der Waals surface area contributed by atoms with Gasteiger partial charge >= 0.3 is 0 Å². The van der Waals surface area contributed by atoms with Gasteiger partial charge in [0.25, 0.3) is 0 Å². The molecule has 0 spiro atoms. The third-order valence-corrected chi connectivity index (χ3v) is 12.5. The van der Waals surface area contributed by atoms with Crippen LogP contribution in [0, 0.1) is 0 Å². The number of imidazole rings is 1. The Hall–Kier alpha value is -7.55. The topological polar surface area (TPSA) is 17.8 Å². The molecule has 1 aromatic heterocycles. The minimum absolute atomic E-state index is 0.182. The van der Waals surface area contributed by atoms with Gasteiger partial charge in [-0.15, -0.1) is 0 Å². The van der Waals surface area contributed by atoms with Crippen molar-refractivity contribution >= 4 is 60.2 Å². The molecular weight excluding hydrogens is 713 g/mol. The molecule has 2 heteroatoms. The van der Waals surface area contributed by atoms with E-state index in [-0.39, 0.29) is 5.92 Å². The summed E-state index contributed by atoms with van der Waals surface area (Å²) in [5.74, 6) is 1.14. The van der Waals surface area contributed by atoms with Crippen molar-refractivity contribution in [1.29, 1.82) is 0 Å². The first-order chi connectivity index (χ1) is 29.3. The van der Waals surface area contributed by atoms with Gasteiger partial charge in [-0.05, 0) is 131 Å². The normalized spacial score (nSPS) is 13.8. The molecule has 0 radical (unpaired) electrons. The second kappa shape index (κ2) is 13.5. The van der Waals surface area contributed by atoms with Crippen LogP contribution in [0.5, 0.6) is 0 Å². The molecule has 2 nitrogen and oxygen atoms in total. The highest BCUT2D eigenvalue weighted by atomic mass is 15.1. The quantitative estimate of drug-likeness (QED) is 0.160. The van der Waals surface area contributed by atoms with Gasteiger partial charge in [0.05, 0.1) is 11.0 Å². The van der Waals surface area contributed by atoms with Crippen molar-refractivity contribution in [3.63, 3.8) is 0 Å². The molecule has 1 aliphatic rings. The number of rotatable bonds is 5. The van der Waals surface area contributed by atoms with Gasteiger partial charge in [0.1, 0.15) is 5.82 Å². The zero-order valence-electron chi connectivity index (χ0n) is 32.4. The summed E-state index contributed by atoms with van der Waals surface area (Å²) in [7, 11) is 0. The van der Waals surface area contributed by atoms with Crippen LogP contribution in [0.3, 0.4) is 0 Å². The van der Waals surface area contributed by atoms with E-state index in [9.17, 15) is 0 Å². The third kappa shape index (κ3) is 5.45. The van der Waals surface area contributed by atoms with E-state index < -0.39 is 0 Å². The monoisotopic (exact) mass is 750 g/mol. The number of benzene rings is 10. The van der Waals surface area contributed by atoms with E-state index in [4.69, 9.17) is 4.98 Å². The van der Waals surface area contributed by atoms with Crippen LogP contribution >= 0.6 is 0 Å². The number of fused-ring (bicyclic) bond motifs is 8. The first kappa shape index (κ1) is 33.6. The Labute approximate surface area is 343 Å². The summed E-state index contributed by atoms with van der Waals surface area (Å²) in [6.07, 6.45) is 5.75. The average Bonchev–Trinajstić information content (AvgIpc) is 3.71. The molecule has 0 fully saturated rings. The van der Waals surface area contributed by atoms with Gasteiger partial charge in [-0.3, -0.25) is 4.57 Å². The van der Waals surface area contributed by atoms with E-state index in [0.717, 1.165) is 34.5 Å². The van der Waals surface area contributed by atoms with Crippen molar-refractivity contribution < 1.29 is 0 Å². The number of nitrogens with zero attached hydrogens (tertiary/aromatic N) is 2. The molecule has 59 heavy (non-hydrogen) atoms. The molecule has 1 aliphatic carbocycles. The van der Waals surface area contributed by atoms with Crippen LogP contribution in [0.25, 0.3) is 99.5 Å². The Balaban J connectivity index is 1.07. The second-order valence-electron chi connectivity index (χ2n) is 15.8. The first-order valence-electron chi connectivity index (χ1n) is 20.6. The van der Waals surface area contributed by atoms with Gasteiger partial charge in [-0.2, -0.15) is 0 Å². The van der Waals surface area contributed by atoms with Gasteiger partial charge in [-0.1, -0.05) is 170 Å². The van der Waals surface area contributed by atoms with E-state index >= 15 is 0 Å². The maximum atomic E-state index is 5.22. The summed E-state index contributed by atoms with van der Waals surface area (Å²) in [6.45, 7) is 0. The Morgan fingerprint density at radius 2 is 1.05 bits per heavy atom. The highest BCUT2D eigenvalue weighted by Gasteiger charge is 2.25. The lowest BCUT2D eigenvalue weighted by Crippen LogP contribution is -2.09. The van der Waals surface area contributed by atoms with E-state index in [1.165, 1.54) is 82.0 Å². The largest absolute Gasteiger partial charge is 0.292 e. The summed E-state index contributed by atoms with van der Waals surface area (Å²) >= 11 is 0. The molecule has 11 aromatic rings. The zero-order valence-corrected chi connectivity index (χ0v) is 32.4. The molecule has 10 aromatic carbocycles. The summed E-state index contributed by atoms with van der Waals surface area (Å²) < 4.78 is 2.29. The minimum atomic E-state index is 0.182. The number of aromatic nitrogens is 2. The van der Waals surface area contributed by atoms with Crippen LogP contribution in [0.15, 0.2) is 206 Å². The summed E-state index contributed by atoms with van der Waals surface area (Å²) in [5.41, 5.74) is 13.4. The van der Waals surface area contributed by atoms with E-state index in [1.807, 2.05) is 0 Å². The van der Waals surface area contributed by atoms with Crippen molar-refractivity contribution in [3.8, 4) is 39.3 Å². The molecule has 0 aliphatic heterocycles. The lowest BCUT2D eigenvalue weighted by Gasteiger charge is -2.26. The fourth-order valence-corrected chi connectivity index (χ4v) is 9.80. The van der Waals surface area contributed by atoms with Crippen molar-refractivity contribution in [3.05, 3.63) is 223 Å². The maximum absolute atomic E-state index is 5.22. The Bertz CT molecular complexity index is 3470. The lowest BCUT2D eigenvalue weighted by molar-refractivity contribution is 0.830. The second-order valence-corrected chi connectivity index (χ2v) is 15.8. The zero-order chi connectivity index (χ0) is 38.9. The molecule has 1 atom stereocenters. The summed E-state index contributed by atoms with van der Waals surface area (Å²) in [6, 6.07) is 73.1. The first-order valence-corrected chi connectivity index (χ1v) is 20.6. The van der Waals surface area contributed by atoms with Crippen molar-refractivity contribution in [1.82, 2.24) is 9.55 Å². The van der Waals surface area contributed by atoms with Crippen LogP contribution < -0.4 is 0 Å². The minimum Gasteiger partial charge on any atom is -0.292 e. The van der Waals surface area contributed by atoms with E-state index in [2.05, 4.69) is 217 Å². The number of para-hydroxylation sites is 3. The molecule has 1 unspecified atom stereocenters. The summed E-state index contributed by atoms with van der Waals surface area (Å²) in [5, 5.41) is 10.2. The SMILES string of the molecule is C1=CC(c2cccc(-c3nc4ccccc4n3-c3ccccc3)c2)Cc2c(-c3cccc4ccccc34)cc3c(cc(-c4cccc5ccccc45)c4ccccc43)c21. The Morgan fingerprint density at radius 3 is 1.83 bits per heavy atom. The van der Waals surface area contributed by atoms with Crippen LogP contribution in [0.1, 0.15) is 22.6 Å². The molecule has 12 rings (SSSR count). The molecular formula is C57H38N2. The van der Waals surface area contributed by atoms with E-state index in [0.29, 0.717) is 0 Å². The van der Waals surface area contributed by atoms with Gasteiger partial charge in [0.15, 0.2) is 0 Å². The van der Waals surface area contributed by atoms with Crippen LogP contribution in [-0.4, -0.2) is 9.55 Å². The van der Waals surface area contributed by atoms with Crippen LogP contribution in [0.4, 0.5) is 0 Å². The molecule has 0 bridgehead atoms. The van der Waals surface area contributed by atoms with Gasteiger partial charge in [0.2, 0.25) is 0 Å². The highest BCUT2D eigenvalue weighted by Crippen LogP contribution is 2.46. The van der Waals surface area contributed by atoms with Crippen LogP contribution in [0.2, 0.25) is 0 Å². The molecule has 0 saturated carbocycles. The van der Waals surface area contributed by atoms with Crippen LogP contribution in [-0.2, 0) is 6.42 Å². The standard InChI is InChI=1S/C57H38N2/c1-2-21-42(22-3-1)59-56-30-11-10-29-55(56)58-57(59)41-20-12-19-39(33-41)40-31-32-49-50(34-40)52(46-28-14-18-38-16-5-7-24-44(38)46)36-53-48-26-9-8-25-47(48)51(35-54(49)53)45-27-13-17-37-15-4-6-23-43(37)45/h1-33,35-36,40H,34H2. The predicted octanol–water partition coefficient (Wildman–Crippen LogP) is 15.0. The average molecular weight is 751 g/mol. The Kier molecular flexibility index (Phi) is 7.71. The van der Waals surface area contributed by atoms with Gasteiger partial charge in [-0.25, -0.2) is 4.98 Å². The van der Waals surface area contributed by atoms with Gasteiger partial charge in [0, 0.05) is 17.2 Å². The van der Waals surface area contributed by atoms with Gasteiger partial charge < -0.3 is 0 Å². The maximum Gasteiger partial charge on any atom is 0.145 e. The number of hydrogen-bond acceptors (Lipinski definition) is 1. The predicted molar refractivity (Wildman–Crippen MR) is 249 cm³/mol. The Morgan fingerprint density at radius 1 is 0.441 bits per heavy atom. The fourth-order valence-electron chi connectivity index (χ4n) is 9.80. The highest BCUT2D eigenvalue weighted by molar-refractivity contribution is 6.19.